The Labute approximate surface area is 251 Å². The van der Waals surface area contributed by atoms with Crippen LogP contribution in [0.5, 0.6) is 0 Å². The van der Waals surface area contributed by atoms with E-state index < -0.39 is 12.1 Å². The highest BCUT2D eigenvalue weighted by Crippen LogP contribution is 2.46. The van der Waals surface area contributed by atoms with Crippen molar-refractivity contribution < 1.29 is 19.4 Å². The number of aryl methyl sites for hydroxylation is 1. The van der Waals surface area contributed by atoms with Crippen LogP contribution in [0.15, 0.2) is 36.4 Å². The average Bonchev–Trinajstić information content (AvgIpc) is 3.72. The average molecular weight is 579 g/mol. The minimum absolute atomic E-state index is 0.0616. The van der Waals surface area contributed by atoms with Gasteiger partial charge >= 0.3 is 0 Å². The second kappa shape index (κ2) is 13.7. The van der Waals surface area contributed by atoms with E-state index in [2.05, 4.69) is 67.6 Å². The van der Waals surface area contributed by atoms with Crippen molar-refractivity contribution >= 4 is 17.6 Å². The van der Waals surface area contributed by atoms with Crippen LogP contribution in [0, 0.1) is 12.8 Å². The minimum Gasteiger partial charge on any atom is -0.390 e. The largest absolute Gasteiger partial charge is 0.390 e. The molecule has 2 aromatic rings. The van der Waals surface area contributed by atoms with Gasteiger partial charge in [-0.05, 0) is 80.0 Å². The molecule has 0 unspecified atom stereocenters. The summed E-state index contributed by atoms with van der Waals surface area (Å²) in [4.78, 5) is 32.2. The van der Waals surface area contributed by atoms with Crippen LogP contribution in [0.4, 0.5) is 5.82 Å². The van der Waals surface area contributed by atoms with Crippen molar-refractivity contribution in [2.24, 2.45) is 5.92 Å². The molecule has 0 radical (unpaired) electrons. The maximum absolute atomic E-state index is 13.6. The van der Waals surface area contributed by atoms with Crippen molar-refractivity contribution in [3.63, 3.8) is 0 Å². The van der Waals surface area contributed by atoms with Gasteiger partial charge in [0.1, 0.15) is 5.82 Å². The van der Waals surface area contributed by atoms with Crippen LogP contribution >= 0.6 is 0 Å². The van der Waals surface area contributed by atoms with Crippen LogP contribution < -0.4 is 15.5 Å². The van der Waals surface area contributed by atoms with Gasteiger partial charge < -0.3 is 20.5 Å². The number of anilines is 1. The first-order valence-electron chi connectivity index (χ1n) is 15.6. The molecule has 2 aliphatic rings. The number of amides is 2. The highest BCUT2D eigenvalue weighted by Gasteiger charge is 2.44. The monoisotopic (exact) mass is 578 g/mol. The van der Waals surface area contributed by atoms with Gasteiger partial charge in [0.25, 0.3) is 5.91 Å². The predicted octanol–water partition coefficient (Wildman–Crippen LogP) is 5.01. The topological polar surface area (TPSA) is 104 Å². The Hall–Kier alpha value is -2.81. The molecule has 1 saturated carbocycles. The number of pyridine rings is 1. The van der Waals surface area contributed by atoms with E-state index in [0.29, 0.717) is 49.8 Å². The number of benzene rings is 1. The van der Waals surface area contributed by atoms with Gasteiger partial charge in [-0.1, -0.05) is 52.0 Å². The van der Waals surface area contributed by atoms with Crippen LogP contribution in [0.1, 0.15) is 100 Å². The molecule has 4 rings (SSSR count). The molecular weight excluding hydrogens is 528 g/mol. The second-order valence-electron chi connectivity index (χ2n) is 13.4. The normalized spacial score (nSPS) is 22.7. The molecule has 42 heavy (non-hydrogen) atoms. The lowest BCUT2D eigenvalue weighted by Crippen LogP contribution is -2.49. The zero-order valence-electron chi connectivity index (χ0n) is 26.3. The molecule has 1 aromatic carbocycles. The molecule has 1 aliphatic heterocycles. The van der Waals surface area contributed by atoms with Crippen LogP contribution in [0.2, 0.25) is 0 Å². The number of ether oxygens (including phenoxy) is 1. The Kier molecular flexibility index (Phi) is 10.4. The number of aliphatic hydroxyl groups excluding tert-OH is 1. The van der Waals surface area contributed by atoms with Crippen molar-refractivity contribution in [1.29, 1.82) is 0 Å². The molecule has 8 nitrogen and oxygen atoms in total. The van der Waals surface area contributed by atoms with Gasteiger partial charge in [-0.3, -0.25) is 14.5 Å². The lowest BCUT2D eigenvalue weighted by Gasteiger charge is -2.30. The second-order valence-corrected chi connectivity index (χ2v) is 13.4. The van der Waals surface area contributed by atoms with Gasteiger partial charge in [-0.15, -0.1) is 0 Å². The summed E-state index contributed by atoms with van der Waals surface area (Å²) in [7, 11) is 0. The van der Waals surface area contributed by atoms with E-state index in [1.165, 1.54) is 18.1 Å². The van der Waals surface area contributed by atoms with Crippen molar-refractivity contribution in [3.8, 4) is 0 Å². The molecule has 1 fully saturated rings. The zero-order valence-corrected chi connectivity index (χ0v) is 26.3. The van der Waals surface area contributed by atoms with Gasteiger partial charge in [-0.2, -0.15) is 0 Å². The van der Waals surface area contributed by atoms with E-state index in [-0.39, 0.29) is 28.7 Å². The summed E-state index contributed by atoms with van der Waals surface area (Å²) in [6.07, 6.45) is 4.35. The first-order valence-corrected chi connectivity index (χ1v) is 15.6. The standard InChI is InChI=1S/C34H50N4O4/c1-23-12-17-42-16-8-7-15-38(25(3)39)31-20-26(19-24(2)36-31)32(41)37-29(18-23)30(40)22-35-34(13-14-34)28-11-9-10-27(21-28)33(4,5)6/h9-11,19-21,23,29-30,35,40H,7-8,12-18,22H2,1-6H3,(H,37,41)/t23-,29+,30-/m1/s1. The molecule has 1 aliphatic carbocycles. The highest BCUT2D eigenvalue weighted by molar-refractivity contribution is 5.97. The number of aliphatic hydroxyl groups is 1. The summed E-state index contributed by atoms with van der Waals surface area (Å²) in [5.41, 5.74) is 3.57. The molecule has 3 N–H and O–H groups in total. The lowest BCUT2D eigenvalue weighted by atomic mass is 9.85. The minimum atomic E-state index is -0.782. The van der Waals surface area contributed by atoms with E-state index in [9.17, 15) is 14.7 Å². The fraction of sp³-hybridized carbons (Fsp3) is 0.618. The van der Waals surface area contributed by atoms with Gasteiger partial charge in [-0.25, -0.2) is 4.98 Å². The van der Waals surface area contributed by atoms with E-state index in [1.54, 1.807) is 17.0 Å². The molecule has 0 saturated heterocycles. The van der Waals surface area contributed by atoms with Gasteiger partial charge in [0.15, 0.2) is 0 Å². The number of rotatable bonds is 5. The smallest absolute Gasteiger partial charge is 0.251 e. The summed E-state index contributed by atoms with van der Waals surface area (Å²) >= 11 is 0. The van der Waals surface area contributed by atoms with Gasteiger partial charge in [0.2, 0.25) is 5.91 Å². The van der Waals surface area contributed by atoms with E-state index in [0.717, 1.165) is 32.1 Å². The SMILES string of the molecule is CC(=O)N1CCCCOCC[C@@H](C)C[C@@H]([C@H](O)CNC2(c3cccc(C(C)(C)C)c3)CC2)NC(=O)c2cc(C)nc1c2. The number of hydrogen-bond donors (Lipinski definition) is 3. The fourth-order valence-corrected chi connectivity index (χ4v) is 5.75. The quantitative estimate of drug-likeness (QED) is 0.461. The van der Waals surface area contributed by atoms with Crippen LogP contribution in [0.25, 0.3) is 0 Å². The lowest BCUT2D eigenvalue weighted by molar-refractivity contribution is -0.116. The van der Waals surface area contributed by atoms with E-state index in [4.69, 9.17) is 4.74 Å². The first-order chi connectivity index (χ1) is 19.9. The number of nitrogens with zero attached hydrogens (tertiary/aromatic N) is 2. The first kappa shape index (κ1) is 32.1. The third kappa shape index (κ3) is 8.39. The van der Waals surface area contributed by atoms with Gasteiger partial charge in [0, 0.05) is 50.0 Å². The Bertz CT molecular complexity index is 1240. The molecule has 0 spiro atoms. The number of nitrogens with one attached hydrogen (secondary N) is 2. The van der Waals surface area contributed by atoms with Crippen LogP contribution in [-0.4, -0.2) is 60.4 Å². The highest BCUT2D eigenvalue weighted by atomic mass is 16.5. The zero-order chi connectivity index (χ0) is 30.5. The summed E-state index contributed by atoms with van der Waals surface area (Å²) < 4.78 is 5.88. The number of carbonyl (C=O) groups is 2. The summed E-state index contributed by atoms with van der Waals surface area (Å²) in [6, 6.07) is 11.7. The van der Waals surface area contributed by atoms with Crippen molar-refractivity contribution in [2.45, 2.75) is 103 Å². The number of fused-ring (bicyclic) bond motifs is 2. The third-order valence-electron chi connectivity index (χ3n) is 8.65. The number of carbonyl (C=O) groups excluding carboxylic acids is 2. The van der Waals surface area contributed by atoms with Crippen molar-refractivity contribution in [1.82, 2.24) is 15.6 Å². The molecule has 230 valence electrons. The molecule has 2 amide bonds. The van der Waals surface area contributed by atoms with E-state index in [1.807, 2.05) is 6.92 Å². The maximum atomic E-state index is 13.6. The Morgan fingerprint density at radius 3 is 2.67 bits per heavy atom. The maximum Gasteiger partial charge on any atom is 0.251 e. The predicted molar refractivity (Wildman–Crippen MR) is 167 cm³/mol. The molecule has 2 bridgehead atoms. The van der Waals surface area contributed by atoms with Crippen LogP contribution in [-0.2, 0) is 20.5 Å². The Morgan fingerprint density at radius 1 is 1.21 bits per heavy atom. The fourth-order valence-electron chi connectivity index (χ4n) is 5.75. The molecular formula is C34H50N4O4. The number of hydrogen-bond acceptors (Lipinski definition) is 6. The molecule has 2 heterocycles. The summed E-state index contributed by atoms with van der Waals surface area (Å²) in [6.45, 7) is 14.3. The summed E-state index contributed by atoms with van der Waals surface area (Å²) in [5.74, 6) is 0.334. The molecule has 3 atom stereocenters. The Balaban J connectivity index is 1.53. The van der Waals surface area contributed by atoms with Crippen molar-refractivity contribution in [2.75, 3.05) is 31.2 Å². The third-order valence-corrected chi connectivity index (χ3v) is 8.65. The molecule has 1 aromatic heterocycles. The Morgan fingerprint density at radius 2 is 1.98 bits per heavy atom. The summed E-state index contributed by atoms with van der Waals surface area (Å²) in [5, 5.41) is 18.3. The van der Waals surface area contributed by atoms with Gasteiger partial charge in [0.05, 0.1) is 12.1 Å². The van der Waals surface area contributed by atoms with E-state index >= 15 is 0 Å². The number of aromatic nitrogens is 1. The van der Waals surface area contributed by atoms with Crippen molar-refractivity contribution in [3.05, 3.63) is 58.8 Å². The van der Waals surface area contributed by atoms with Crippen LogP contribution in [0.3, 0.4) is 0 Å². The molecule has 8 heteroatoms.